The van der Waals surface area contributed by atoms with E-state index in [2.05, 4.69) is 28.8 Å². The molecule has 2 aromatic carbocycles. The Bertz CT molecular complexity index is 1050. The Morgan fingerprint density at radius 1 is 1.17 bits per heavy atom. The van der Waals surface area contributed by atoms with Crippen LogP contribution < -0.4 is 10.1 Å². The minimum absolute atomic E-state index is 0.301. The van der Waals surface area contributed by atoms with E-state index in [0.29, 0.717) is 28.7 Å². The third kappa shape index (κ3) is 4.85. The molecule has 0 radical (unpaired) electrons. The predicted molar refractivity (Wildman–Crippen MR) is 116 cm³/mol. The highest BCUT2D eigenvalue weighted by molar-refractivity contribution is 7.80. The van der Waals surface area contributed by atoms with Crippen molar-refractivity contribution in [2.24, 2.45) is 0 Å². The molecule has 0 unspecified atom stereocenters. The summed E-state index contributed by atoms with van der Waals surface area (Å²) >= 11 is 4.19. The summed E-state index contributed by atoms with van der Waals surface area (Å²) in [6.07, 6.45) is -3.07. The van der Waals surface area contributed by atoms with Gasteiger partial charge >= 0.3 is 6.36 Å². The van der Waals surface area contributed by atoms with Crippen molar-refractivity contribution in [3.63, 3.8) is 0 Å². The molecule has 0 bridgehead atoms. The van der Waals surface area contributed by atoms with Gasteiger partial charge in [0.05, 0.1) is 16.8 Å². The number of nitrogens with one attached hydrogen (secondary N) is 1. The van der Waals surface area contributed by atoms with Crippen LogP contribution in [0.2, 0.25) is 0 Å². The first-order valence-electron chi connectivity index (χ1n) is 9.65. The monoisotopic (exact) mass is 433 g/mol. The average Bonchev–Trinajstić information content (AvgIpc) is 3.01. The normalized spacial score (nSPS) is 11.5. The maximum atomic E-state index is 12.7. The Balaban J connectivity index is 2.08. The van der Waals surface area contributed by atoms with E-state index in [4.69, 9.17) is 0 Å². The van der Waals surface area contributed by atoms with Crippen molar-refractivity contribution in [3.8, 4) is 23.1 Å². The van der Waals surface area contributed by atoms with E-state index >= 15 is 0 Å². The fourth-order valence-electron chi connectivity index (χ4n) is 3.45. The number of benzene rings is 2. The second kappa shape index (κ2) is 9.35. The van der Waals surface area contributed by atoms with Crippen LogP contribution in [0, 0.1) is 11.3 Å². The number of ether oxygens (including phenoxy) is 1. The summed E-state index contributed by atoms with van der Waals surface area (Å²) in [6.45, 7) is 3.35. The van der Waals surface area contributed by atoms with Gasteiger partial charge in [-0.3, -0.25) is 0 Å². The molecule has 0 atom stereocenters. The predicted octanol–water partition coefficient (Wildman–Crippen LogP) is 6.22. The summed E-state index contributed by atoms with van der Waals surface area (Å²) in [6, 6.07) is 14.0. The maximum absolute atomic E-state index is 12.7. The minimum Gasteiger partial charge on any atom is -0.406 e. The quantitative estimate of drug-likeness (QED) is 0.327. The highest BCUT2D eigenvalue weighted by Crippen LogP contribution is 2.37. The number of rotatable bonds is 8. The largest absolute Gasteiger partial charge is 0.573 e. The van der Waals surface area contributed by atoms with Gasteiger partial charge in [-0.25, -0.2) is 0 Å². The number of anilines is 1. The SMILES string of the molecule is CCCn1c(-c2ccc(NCCCS)cc2)c(C#N)c2ccc(OC(F)(F)F)cc21. The van der Waals surface area contributed by atoms with Crippen LogP contribution >= 0.6 is 12.6 Å². The lowest BCUT2D eigenvalue weighted by Gasteiger charge is -2.12. The van der Waals surface area contributed by atoms with Gasteiger partial charge in [0.25, 0.3) is 0 Å². The molecule has 4 nitrogen and oxygen atoms in total. The number of thiol groups is 1. The zero-order valence-electron chi connectivity index (χ0n) is 16.5. The van der Waals surface area contributed by atoms with Gasteiger partial charge in [0.15, 0.2) is 0 Å². The van der Waals surface area contributed by atoms with E-state index in [1.54, 1.807) is 0 Å². The molecular weight excluding hydrogens is 411 g/mol. The summed E-state index contributed by atoms with van der Waals surface area (Å²) in [5.74, 6) is 0.498. The van der Waals surface area contributed by atoms with E-state index in [9.17, 15) is 18.4 Å². The van der Waals surface area contributed by atoms with Gasteiger partial charge in [0.2, 0.25) is 0 Å². The van der Waals surface area contributed by atoms with Crippen LogP contribution in [0.4, 0.5) is 18.9 Å². The van der Waals surface area contributed by atoms with Gasteiger partial charge in [0.1, 0.15) is 11.8 Å². The van der Waals surface area contributed by atoms with Crippen LogP contribution in [0.15, 0.2) is 42.5 Å². The fourth-order valence-corrected chi connectivity index (χ4v) is 3.61. The molecule has 1 aromatic heterocycles. The molecule has 0 aliphatic carbocycles. The van der Waals surface area contributed by atoms with E-state index in [1.165, 1.54) is 18.2 Å². The van der Waals surface area contributed by atoms with E-state index in [0.717, 1.165) is 36.4 Å². The average molecular weight is 433 g/mol. The van der Waals surface area contributed by atoms with Crippen LogP contribution in [-0.4, -0.2) is 23.2 Å². The Morgan fingerprint density at radius 3 is 2.50 bits per heavy atom. The molecule has 1 heterocycles. The van der Waals surface area contributed by atoms with Crippen molar-refractivity contribution in [3.05, 3.63) is 48.0 Å². The van der Waals surface area contributed by atoms with Crippen molar-refractivity contribution in [2.75, 3.05) is 17.6 Å². The van der Waals surface area contributed by atoms with Crippen LogP contribution in [0.25, 0.3) is 22.2 Å². The maximum Gasteiger partial charge on any atom is 0.573 e. The summed E-state index contributed by atoms with van der Waals surface area (Å²) in [5.41, 5.74) is 3.46. The molecule has 0 spiro atoms. The van der Waals surface area contributed by atoms with Crippen molar-refractivity contribution in [1.82, 2.24) is 4.57 Å². The van der Waals surface area contributed by atoms with Gasteiger partial charge < -0.3 is 14.6 Å². The number of halogens is 3. The van der Waals surface area contributed by atoms with Crippen LogP contribution in [0.5, 0.6) is 5.75 Å². The van der Waals surface area contributed by atoms with Gasteiger partial charge in [-0.2, -0.15) is 17.9 Å². The molecule has 1 N–H and O–H groups in total. The zero-order chi connectivity index (χ0) is 21.7. The van der Waals surface area contributed by atoms with Crippen molar-refractivity contribution >= 4 is 29.2 Å². The molecule has 0 saturated carbocycles. The van der Waals surface area contributed by atoms with Crippen molar-refractivity contribution in [2.45, 2.75) is 32.7 Å². The number of nitrogens with zero attached hydrogens (tertiary/aromatic N) is 2. The molecule has 158 valence electrons. The summed E-state index contributed by atoms with van der Waals surface area (Å²) < 4.78 is 44.0. The van der Waals surface area contributed by atoms with Crippen LogP contribution in [0.1, 0.15) is 25.3 Å². The van der Waals surface area contributed by atoms with Gasteiger partial charge in [-0.05, 0) is 48.4 Å². The fraction of sp³-hybridized carbons (Fsp3) is 0.318. The third-order valence-corrected chi connectivity index (χ3v) is 4.97. The number of fused-ring (bicyclic) bond motifs is 1. The standard InChI is InChI=1S/C22H22F3N3OS/c1-2-11-28-20-13-17(29-22(23,24)25)8-9-18(20)19(14-26)21(28)15-4-6-16(7-5-15)27-10-3-12-30/h4-9,13,27,30H,2-3,10-12H2,1H3. The highest BCUT2D eigenvalue weighted by Gasteiger charge is 2.31. The molecule has 30 heavy (non-hydrogen) atoms. The first-order chi connectivity index (χ1) is 14.4. The van der Waals surface area contributed by atoms with E-state index in [1.807, 2.05) is 35.8 Å². The summed E-state index contributed by atoms with van der Waals surface area (Å²) in [5, 5.41) is 13.7. The van der Waals surface area contributed by atoms with Crippen molar-refractivity contribution < 1.29 is 17.9 Å². The minimum atomic E-state index is -4.77. The van der Waals surface area contributed by atoms with Crippen LogP contribution in [0.3, 0.4) is 0 Å². The Hall–Kier alpha value is -2.79. The van der Waals surface area contributed by atoms with Gasteiger partial charge in [-0.15, -0.1) is 13.2 Å². The third-order valence-electron chi connectivity index (χ3n) is 4.65. The molecule has 8 heteroatoms. The molecule has 3 rings (SSSR count). The molecule has 0 amide bonds. The van der Waals surface area contributed by atoms with E-state index in [-0.39, 0.29) is 5.75 Å². The number of nitriles is 1. The molecular formula is C22H22F3N3OS. The van der Waals surface area contributed by atoms with Crippen molar-refractivity contribution in [1.29, 1.82) is 5.26 Å². The zero-order valence-corrected chi connectivity index (χ0v) is 17.4. The topological polar surface area (TPSA) is 50.0 Å². The molecule has 3 aromatic rings. The lowest BCUT2D eigenvalue weighted by molar-refractivity contribution is -0.274. The Morgan fingerprint density at radius 2 is 1.90 bits per heavy atom. The first kappa shape index (κ1) is 21.9. The highest BCUT2D eigenvalue weighted by atomic mass is 32.1. The Kier molecular flexibility index (Phi) is 6.83. The summed E-state index contributed by atoms with van der Waals surface area (Å²) in [7, 11) is 0. The number of alkyl halides is 3. The molecule has 0 aliphatic heterocycles. The Labute approximate surface area is 178 Å². The second-order valence-corrected chi connectivity index (χ2v) is 7.24. The smallest absolute Gasteiger partial charge is 0.406 e. The molecule has 0 aliphatic rings. The van der Waals surface area contributed by atoms with Gasteiger partial charge in [-0.1, -0.05) is 19.1 Å². The lowest BCUT2D eigenvalue weighted by Crippen LogP contribution is -2.17. The summed E-state index contributed by atoms with van der Waals surface area (Å²) in [4.78, 5) is 0. The molecule has 0 saturated heterocycles. The molecule has 0 fully saturated rings. The lowest BCUT2D eigenvalue weighted by atomic mass is 10.1. The number of aromatic nitrogens is 1. The van der Waals surface area contributed by atoms with E-state index < -0.39 is 6.36 Å². The van der Waals surface area contributed by atoms with Crippen LogP contribution in [-0.2, 0) is 6.54 Å². The first-order valence-corrected chi connectivity index (χ1v) is 10.3. The number of hydrogen-bond acceptors (Lipinski definition) is 4. The number of hydrogen-bond donors (Lipinski definition) is 2. The number of aryl methyl sites for hydroxylation is 1. The second-order valence-electron chi connectivity index (χ2n) is 6.80. The van der Waals surface area contributed by atoms with Gasteiger partial charge in [0, 0.05) is 30.2 Å².